The van der Waals surface area contributed by atoms with Gasteiger partial charge in [0.15, 0.2) is 0 Å². The van der Waals surface area contributed by atoms with Crippen molar-refractivity contribution in [1.29, 1.82) is 0 Å². The van der Waals surface area contributed by atoms with Crippen LogP contribution in [0.2, 0.25) is 0 Å². The van der Waals surface area contributed by atoms with Crippen LogP contribution in [0.3, 0.4) is 0 Å². The van der Waals surface area contributed by atoms with E-state index in [1.54, 1.807) is 0 Å². The van der Waals surface area contributed by atoms with E-state index >= 15 is 0 Å². The molecule has 1 fully saturated rings. The summed E-state index contributed by atoms with van der Waals surface area (Å²) < 4.78 is 5.48. The third-order valence-corrected chi connectivity index (χ3v) is 3.47. The van der Waals surface area contributed by atoms with E-state index in [1.165, 1.54) is 25.7 Å². The zero-order chi connectivity index (χ0) is 13.4. The fourth-order valence-corrected chi connectivity index (χ4v) is 2.15. The lowest BCUT2D eigenvalue weighted by Crippen LogP contribution is -2.36. The lowest BCUT2D eigenvalue weighted by atomic mass is 10.1. The minimum Gasteiger partial charge on any atom is -0.389 e. The highest BCUT2D eigenvalue weighted by molar-refractivity contribution is 4.78. The van der Waals surface area contributed by atoms with Crippen LogP contribution in [0.4, 0.5) is 0 Å². The molecule has 0 aromatic rings. The minimum absolute atomic E-state index is 0.370. The van der Waals surface area contributed by atoms with Crippen molar-refractivity contribution in [3.8, 4) is 0 Å². The topological polar surface area (TPSA) is 41.5 Å². The molecule has 0 aliphatic heterocycles. The first-order valence-corrected chi connectivity index (χ1v) is 7.57. The molecule has 0 bridgehead atoms. The number of hydrogen-bond donors (Lipinski definition) is 2. The first kappa shape index (κ1) is 15.9. The van der Waals surface area contributed by atoms with E-state index in [-0.39, 0.29) is 6.10 Å². The van der Waals surface area contributed by atoms with Crippen LogP contribution in [0.25, 0.3) is 0 Å². The predicted molar refractivity (Wildman–Crippen MR) is 75.7 cm³/mol. The molecular formula is C15H31NO2. The largest absolute Gasteiger partial charge is 0.389 e. The summed E-state index contributed by atoms with van der Waals surface area (Å²) in [6, 6.07) is 0.521. The van der Waals surface area contributed by atoms with Gasteiger partial charge in [-0.05, 0) is 38.0 Å². The lowest BCUT2D eigenvalue weighted by molar-refractivity contribution is 0.0335. The summed E-state index contributed by atoms with van der Waals surface area (Å²) in [5.74, 6) is 1.68. The Labute approximate surface area is 112 Å². The molecule has 2 atom stereocenters. The van der Waals surface area contributed by atoms with Gasteiger partial charge < -0.3 is 15.2 Å². The summed E-state index contributed by atoms with van der Waals surface area (Å²) in [7, 11) is 0. The molecule has 0 amide bonds. The molecule has 3 nitrogen and oxygen atoms in total. The van der Waals surface area contributed by atoms with Crippen molar-refractivity contribution >= 4 is 0 Å². The summed E-state index contributed by atoms with van der Waals surface area (Å²) in [5, 5.41) is 13.2. The molecule has 18 heavy (non-hydrogen) atoms. The Morgan fingerprint density at radius 1 is 1.28 bits per heavy atom. The highest BCUT2D eigenvalue weighted by atomic mass is 16.5. The van der Waals surface area contributed by atoms with Gasteiger partial charge in [0.05, 0.1) is 12.7 Å². The molecule has 3 heteroatoms. The first-order chi connectivity index (χ1) is 8.58. The van der Waals surface area contributed by atoms with Crippen molar-refractivity contribution in [3.63, 3.8) is 0 Å². The molecule has 1 aliphatic rings. The van der Waals surface area contributed by atoms with E-state index in [4.69, 9.17) is 4.74 Å². The van der Waals surface area contributed by atoms with Gasteiger partial charge in [0, 0.05) is 19.2 Å². The van der Waals surface area contributed by atoms with Gasteiger partial charge in [-0.2, -0.15) is 0 Å². The molecule has 2 N–H and O–H groups in total. The van der Waals surface area contributed by atoms with E-state index < -0.39 is 0 Å². The van der Waals surface area contributed by atoms with Gasteiger partial charge in [0.25, 0.3) is 0 Å². The lowest BCUT2D eigenvalue weighted by Gasteiger charge is -2.17. The van der Waals surface area contributed by atoms with Crippen LogP contribution < -0.4 is 5.32 Å². The normalized spacial score (nSPS) is 19.2. The van der Waals surface area contributed by atoms with Crippen LogP contribution in [-0.4, -0.2) is 37.0 Å². The molecule has 0 aromatic heterocycles. The highest BCUT2D eigenvalue weighted by Crippen LogP contribution is 2.33. The molecule has 1 rings (SSSR count). The molecule has 1 aliphatic carbocycles. The second-order valence-electron chi connectivity index (χ2n) is 6.25. The number of nitrogens with one attached hydrogen (secondary N) is 1. The van der Waals surface area contributed by atoms with E-state index in [9.17, 15) is 5.11 Å². The molecule has 0 radical (unpaired) electrons. The SMILES string of the molecule is CC(C)CCCOCC(O)CNC(C)CC1CC1. The molecule has 0 spiro atoms. The van der Waals surface area contributed by atoms with Crippen LogP contribution in [-0.2, 0) is 4.74 Å². The Kier molecular flexibility index (Phi) is 7.87. The standard InChI is InChI=1S/C15H31NO2/c1-12(2)5-4-8-18-11-15(17)10-16-13(3)9-14-6-7-14/h12-17H,4-11H2,1-3H3. The maximum Gasteiger partial charge on any atom is 0.0897 e. The van der Waals surface area contributed by atoms with Crippen LogP contribution in [0, 0.1) is 11.8 Å². The number of aliphatic hydroxyl groups excluding tert-OH is 1. The van der Waals surface area contributed by atoms with Gasteiger partial charge in [-0.1, -0.05) is 26.7 Å². The van der Waals surface area contributed by atoms with Crippen molar-refractivity contribution in [2.75, 3.05) is 19.8 Å². The zero-order valence-corrected chi connectivity index (χ0v) is 12.3. The minimum atomic E-state index is -0.370. The fraction of sp³-hybridized carbons (Fsp3) is 1.00. The summed E-state index contributed by atoms with van der Waals surface area (Å²) in [5.41, 5.74) is 0. The Morgan fingerprint density at radius 2 is 2.00 bits per heavy atom. The number of aliphatic hydroxyl groups is 1. The summed E-state index contributed by atoms with van der Waals surface area (Å²) in [4.78, 5) is 0. The average molecular weight is 257 g/mol. The summed E-state index contributed by atoms with van der Waals surface area (Å²) in [6.07, 6.45) is 5.97. The van der Waals surface area contributed by atoms with Crippen LogP contribution in [0.15, 0.2) is 0 Å². The smallest absolute Gasteiger partial charge is 0.0897 e. The maximum atomic E-state index is 9.77. The van der Waals surface area contributed by atoms with Crippen molar-refractivity contribution in [2.24, 2.45) is 11.8 Å². The van der Waals surface area contributed by atoms with Crippen molar-refractivity contribution < 1.29 is 9.84 Å². The molecular weight excluding hydrogens is 226 g/mol. The Morgan fingerprint density at radius 3 is 2.61 bits per heavy atom. The Balaban J connectivity index is 1.87. The predicted octanol–water partition coefficient (Wildman–Crippen LogP) is 2.58. The van der Waals surface area contributed by atoms with Crippen molar-refractivity contribution in [1.82, 2.24) is 5.32 Å². The van der Waals surface area contributed by atoms with Gasteiger partial charge in [0.2, 0.25) is 0 Å². The van der Waals surface area contributed by atoms with E-state index in [2.05, 4.69) is 26.1 Å². The van der Waals surface area contributed by atoms with Gasteiger partial charge in [0.1, 0.15) is 0 Å². The van der Waals surface area contributed by atoms with Gasteiger partial charge >= 0.3 is 0 Å². The number of ether oxygens (including phenoxy) is 1. The van der Waals surface area contributed by atoms with E-state index in [0.717, 1.165) is 24.9 Å². The summed E-state index contributed by atoms with van der Waals surface area (Å²) in [6.45, 7) is 8.53. The maximum absolute atomic E-state index is 9.77. The van der Waals surface area contributed by atoms with Crippen LogP contribution in [0.1, 0.15) is 52.9 Å². The molecule has 2 unspecified atom stereocenters. The molecule has 0 heterocycles. The zero-order valence-electron chi connectivity index (χ0n) is 12.3. The van der Waals surface area contributed by atoms with Gasteiger partial charge in [-0.25, -0.2) is 0 Å². The van der Waals surface area contributed by atoms with Crippen molar-refractivity contribution in [2.45, 2.75) is 65.0 Å². The summed E-state index contributed by atoms with van der Waals surface area (Å²) >= 11 is 0. The molecule has 108 valence electrons. The molecule has 0 aromatic carbocycles. The second kappa shape index (κ2) is 8.89. The molecule has 0 saturated heterocycles. The number of rotatable bonds is 11. The van der Waals surface area contributed by atoms with Crippen LogP contribution >= 0.6 is 0 Å². The van der Waals surface area contributed by atoms with Gasteiger partial charge in [-0.3, -0.25) is 0 Å². The van der Waals surface area contributed by atoms with E-state index in [1.807, 2.05) is 0 Å². The highest BCUT2D eigenvalue weighted by Gasteiger charge is 2.23. The van der Waals surface area contributed by atoms with E-state index in [0.29, 0.717) is 19.2 Å². The number of hydrogen-bond acceptors (Lipinski definition) is 3. The Hall–Kier alpha value is -0.120. The monoisotopic (exact) mass is 257 g/mol. The quantitative estimate of drug-likeness (QED) is 0.559. The molecule has 1 saturated carbocycles. The van der Waals surface area contributed by atoms with Crippen molar-refractivity contribution in [3.05, 3.63) is 0 Å². The van der Waals surface area contributed by atoms with Gasteiger partial charge in [-0.15, -0.1) is 0 Å². The average Bonchev–Trinajstić information content (AvgIpc) is 3.09. The first-order valence-electron chi connectivity index (χ1n) is 7.57. The fourth-order valence-electron chi connectivity index (χ4n) is 2.15. The second-order valence-corrected chi connectivity index (χ2v) is 6.25. The Bertz CT molecular complexity index is 205. The third-order valence-electron chi connectivity index (χ3n) is 3.47. The van der Waals surface area contributed by atoms with Crippen LogP contribution in [0.5, 0.6) is 0 Å². The third kappa shape index (κ3) is 8.90.